The van der Waals surface area contributed by atoms with Gasteiger partial charge in [0, 0.05) is 27.6 Å². The summed E-state index contributed by atoms with van der Waals surface area (Å²) in [5, 5.41) is 9.95. The molecule has 1 aromatic heterocycles. The van der Waals surface area contributed by atoms with Crippen LogP contribution in [0.3, 0.4) is 0 Å². The topological polar surface area (TPSA) is 41.1 Å². The van der Waals surface area contributed by atoms with Gasteiger partial charge in [0.2, 0.25) is 0 Å². The Labute approximate surface area is 173 Å². The van der Waals surface area contributed by atoms with E-state index in [2.05, 4.69) is 34.2 Å². The lowest BCUT2D eigenvalue weighted by Gasteiger charge is -2.29. The van der Waals surface area contributed by atoms with Crippen molar-refractivity contribution in [2.75, 3.05) is 10.6 Å². The number of hydrogen-bond donors (Lipinski definition) is 2. The zero-order valence-corrected chi connectivity index (χ0v) is 16.7. The first-order valence-corrected chi connectivity index (χ1v) is 10.6. The lowest BCUT2D eigenvalue weighted by atomic mass is 9.79. The summed E-state index contributed by atoms with van der Waals surface area (Å²) in [6.45, 7) is 0. The number of nitrogens with one attached hydrogen (secondary N) is 2. The number of carbonyl (C=O) groups excluding carboxylic acids is 1. The molecule has 1 aliphatic carbocycles. The van der Waals surface area contributed by atoms with E-state index in [1.807, 2.05) is 42.5 Å². The third-order valence-electron chi connectivity index (χ3n) is 5.48. The molecule has 0 bridgehead atoms. The average molecular weight is 407 g/mol. The number of thiophene rings is 1. The number of rotatable bonds is 2. The van der Waals surface area contributed by atoms with E-state index in [9.17, 15) is 4.79 Å². The van der Waals surface area contributed by atoms with Crippen LogP contribution in [0.5, 0.6) is 0 Å². The normalized spacial score (nSPS) is 21.2. The minimum Gasteiger partial charge on any atom is -0.372 e. The molecule has 5 rings (SSSR count). The maximum absolute atomic E-state index is 13.3. The van der Waals surface area contributed by atoms with Gasteiger partial charge in [-0.2, -0.15) is 0 Å². The van der Waals surface area contributed by atoms with E-state index in [1.54, 1.807) is 11.3 Å². The van der Waals surface area contributed by atoms with Crippen LogP contribution >= 0.6 is 22.9 Å². The van der Waals surface area contributed by atoms with Crippen LogP contribution in [-0.2, 0) is 4.79 Å². The molecule has 0 spiro atoms. The van der Waals surface area contributed by atoms with Crippen molar-refractivity contribution in [3.05, 3.63) is 92.8 Å². The molecule has 140 valence electrons. The second-order valence-corrected chi connectivity index (χ2v) is 8.65. The van der Waals surface area contributed by atoms with Crippen molar-refractivity contribution in [1.82, 2.24) is 0 Å². The van der Waals surface area contributed by atoms with Gasteiger partial charge in [0.15, 0.2) is 5.78 Å². The van der Waals surface area contributed by atoms with Gasteiger partial charge in [-0.1, -0.05) is 41.9 Å². The number of halogens is 1. The number of para-hydroxylation sites is 2. The molecule has 2 atom stereocenters. The zero-order valence-electron chi connectivity index (χ0n) is 15.1. The highest BCUT2D eigenvalue weighted by atomic mass is 35.5. The van der Waals surface area contributed by atoms with Crippen molar-refractivity contribution < 1.29 is 4.79 Å². The maximum atomic E-state index is 13.3. The molecule has 2 aliphatic rings. The molecule has 0 fully saturated rings. The van der Waals surface area contributed by atoms with Crippen molar-refractivity contribution in [1.29, 1.82) is 0 Å². The third kappa shape index (κ3) is 3.13. The number of ketones is 1. The number of hydrogen-bond acceptors (Lipinski definition) is 4. The van der Waals surface area contributed by atoms with Crippen LogP contribution in [0.2, 0.25) is 5.02 Å². The Morgan fingerprint density at radius 1 is 0.929 bits per heavy atom. The summed E-state index contributed by atoms with van der Waals surface area (Å²) in [5.41, 5.74) is 5.07. The van der Waals surface area contributed by atoms with Crippen LogP contribution in [0.1, 0.15) is 35.2 Å². The van der Waals surface area contributed by atoms with Gasteiger partial charge < -0.3 is 10.6 Å². The first-order chi connectivity index (χ1) is 13.7. The van der Waals surface area contributed by atoms with Crippen molar-refractivity contribution in [3.8, 4) is 0 Å². The molecule has 2 N–H and O–H groups in total. The van der Waals surface area contributed by atoms with E-state index in [-0.39, 0.29) is 17.7 Å². The molecule has 0 amide bonds. The SMILES string of the molecule is O=C1C[C@@H](c2ccc(Cl)cc2)CC2=C1[C@H](c1cccs1)Nc1ccccc1N2. The Morgan fingerprint density at radius 2 is 1.71 bits per heavy atom. The Hall–Kier alpha value is -2.56. The largest absolute Gasteiger partial charge is 0.372 e. The van der Waals surface area contributed by atoms with Gasteiger partial charge in [-0.05, 0) is 53.6 Å². The summed E-state index contributed by atoms with van der Waals surface area (Å²) >= 11 is 7.73. The summed E-state index contributed by atoms with van der Waals surface area (Å²) in [5.74, 6) is 0.359. The summed E-state index contributed by atoms with van der Waals surface area (Å²) in [6, 6.07) is 20.0. The monoisotopic (exact) mass is 406 g/mol. The smallest absolute Gasteiger partial charge is 0.163 e. The Kier molecular flexibility index (Phi) is 4.46. The standard InChI is InChI=1S/C23H19ClN2OS/c24-16-9-7-14(8-10-16)15-12-19-22(20(27)13-15)23(21-6-3-11-28-21)26-18-5-2-1-4-17(18)25-19/h1-11,15,23,25-26H,12-13H2/t15-,23-/m0/s1. The highest BCUT2D eigenvalue weighted by molar-refractivity contribution is 7.10. The predicted octanol–water partition coefficient (Wildman–Crippen LogP) is 6.38. The summed E-state index contributed by atoms with van der Waals surface area (Å²) in [7, 11) is 0. The molecule has 2 aromatic carbocycles. The highest BCUT2D eigenvalue weighted by Crippen LogP contribution is 2.44. The van der Waals surface area contributed by atoms with Crippen LogP contribution in [-0.4, -0.2) is 5.78 Å². The van der Waals surface area contributed by atoms with Gasteiger partial charge in [0.05, 0.1) is 17.4 Å². The van der Waals surface area contributed by atoms with Crippen LogP contribution in [0.15, 0.2) is 77.3 Å². The van der Waals surface area contributed by atoms with Crippen LogP contribution in [0.25, 0.3) is 0 Å². The van der Waals surface area contributed by atoms with E-state index in [4.69, 9.17) is 11.6 Å². The minimum atomic E-state index is -0.121. The second kappa shape index (κ2) is 7.12. The van der Waals surface area contributed by atoms with Crippen LogP contribution in [0.4, 0.5) is 11.4 Å². The molecule has 2 heterocycles. The Morgan fingerprint density at radius 3 is 2.46 bits per heavy atom. The summed E-state index contributed by atoms with van der Waals surface area (Å²) in [4.78, 5) is 14.5. The molecule has 0 unspecified atom stereocenters. The molecule has 0 saturated carbocycles. The molecular weight excluding hydrogens is 388 g/mol. The van der Waals surface area contributed by atoms with Gasteiger partial charge in [-0.25, -0.2) is 0 Å². The fourth-order valence-corrected chi connectivity index (χ4v) is 5.04. The molecule has 0 saturated heterocycles. The summed E-state index contributed by atoms with van der Waals surface area (Å²) < 4.78 is 0. The lowest BCUT2D eigenvalue weighted by molar-refractivity contribution is -0.116. The molecule has 3 aromatic rings. The fraction of sp³-hybridized carbons (Fsp3) is 0.174. The van der Waals surface area contributed by atoms with Gasteiger partial charge in [0.25, 0.3) is 0 Å². The van der Waals surface area contributed by atoms with E-state index in [1.165, 1.54) is 0 Å². The summed E-state index contributed by atoms with van der Waals surface area (Å²) in [6.07, 6.45) is 1.32. The third-order valence-corrected chi connectivity index (χ3v) is 6.67. The number of Topliss-reactive ketones (excluding diaryl/α,β-unsaturated/α-hetero) is 1. The average Bonchev–Trinajstić information content (AvgIpc) is 3.17. The molecule has 3 nitrogen and oxygen atoms in total. The van der Waals surface area contributed by atoms with Crippen molar-refractivity contribution in [2.24, 2.45) is 0 Å². The second-order valence-electron chi connectivity index (χ2n) is 7.24. The maximum Gasteiger partial charge on any atom is 0.163 e. The van der Waals surface area contributed by atoms with Gasteiger partial charge in [-0.15, -0.1) is 11.3 Å². The van der Waals surface area contributed by atoms with Crippen molar-refractivity contribution in [2.45, 2.75) is 24.8 Å². The lowest BCUT2D eigenvalue weighted by Crippen LogP contribution is -2.26. The van der Waals surface area contributed by atoms with E-state index >= 15 is 0 Å². The molecule has 28 heavy (non-hydrogen) atoms. The highest BCUT2D eigenvalue weighted by Gasteiger charge is 2.36. The number of fused-ring (bicyclic) bond motifs is 1. The Balaban J connectivity index is 1.59. The number of carbonyl (C=O) groups is 1. The van der Waals surface area contributed by atoms with Gasteiger partial charge >= 0.3 is 0 Å². The zero-order chi connectivity index (χ0) is 19.1. The Bertz CT molecular complexity index is 1060. The number of anilines is 2. The molecule has 1 aliphatic heterocycles. The number of allylic oxidation sites excluding steroid dienone is 1. The van der Waals surface area contributed by atoms with E-state index in [0.29, 0.717) is 11.4 Å². The molecule has 5 heteroatoms. The van der Waals surface area contributed by atoms with Crippen molar-refractivity contribution >= 4 is 40.1 Å². The van der Waals surface area contributed by atoms with Crippen LogP contribution < -0.4 is 10.6 Å². The first-order valence-electron chi connectivity index (χ1n) is 9.37. The van der Waals surface area contributed by atoms with Gasteiger partial charge in [0.1, 0.15) is 0 Å². The van der Waals surface area contributed by atoms with Gasteiger partial charge in [-0.3, -0.25) is 4.79 Å². The minimum absolute atomic E-state index is 0.121. The molecule has 0 radical (unpaired) electrons. The molecular formula is C23H19ClN2OS. The van der Waals surface area contributed by atoms with Crippen LogP contribution in [0, 0.1) is 0 Å². The van der Waals surface area contributed by atoms with E-state index < -0.39 is 0 Å². The quantitative estimate of drug-likeness (QED) is 0.518. The first kappa shape index (κ1) is 17.5. The number of benzene rings is 2. The van der Waals surface area contributed by atoms with Crippen molar-refractivity contribution in [3.63, 3.8) is 0 Å². The fourth-order valence-electron chi connectivity index (χ4n) is 4.13. The van der Waals surface area contributed by atoms with E-state index in [0.717, 1.165) is 39.5 Å². The predicted molar refractivity (Wildman–Crippen MR) is 116 cm³/mol.